The first-order valence-electron chi connectivity index (χ1n) is 5.82. The number of anilines is 1. The molecule has 0 aliphatic carbocycles. The number of nitrogens with zero attached hydrogens (tertiary/aromatic N) is 2. The van der Waals surface area contributed by atoms with E-state index in [1.807, 2.05) is 0 Å². The minimum atomic E-state index is -1.11. The van der Waals surface area contributed by atoms with Crippen molar-refractivity contribution in [3.05, 3.63) is 46.5 Å². The highest BCUT2D eigenvalue weighted by molar-refractivity contribution is 7.14. The molecule has 2 aromatic rings. The van der Waals surface area contributed by atoms with Crippen LogP contribution in [0.5, 0.6) is 0 Å². The molecular weight excluding hydrogens is 300 g/mol. The Kier molecular flexibility index (Phi) is 4.27. The van der Waals surface area contributed by atoms with E-state index in [1.54, 1.807) is 14.1 Å². The summed E-state index contributed by atoms with van der Waals surface area (Å²) < 4.78 is 25.9. The summed E-state index contributed by atoms with van der Waals surface area (Å²) in [4.78, 5) is 28.8. The first-order chi connectivity index (χ1) is 9.88. The van der Waals surface area contributed by atoms with Crippen molar-refractivity contribution in [3.8, 4) is 0 Å². The highest BCUT2D eigenvalue weighted by Gasteiger charge is 2.15. The zero-order chi connectivity index (χ0) is 15.6. The van der Waals surface area contributed by atoms with Gasteiger partial charge in [0.1, 0.15) is 5.69 Å². The monoisotopic (exact) mass is 311 g/mol. The number of hydrogen-bond donors (Lipinski definition) is 1. The molecule has 0 aliphatic rings. The summed E-state index contributed by atoms with van der Waals surface area (Å²) in [6.07, 6.45) is 0. The molecule has 0 fully saturated rings. The van der Waals surface area contributed by atoms with Crippen LogP contribution in [-0.4, -0.2) is 35.8 Å². The molecule has 1 heterocycles. The second kappa shape index (κ2) is 5.96. The van der Waals surface area contributed by atoms with Crippen molar-refractivity contribution in [2.45, 2.75) is 0 Å². The maximum atomic E-state index is 13.1. The summed E-state index contributed by atoms with van der Waals surface area (Å²) in [6.45, 7) is 0. The zero-order valence-corrected chi connectivity index (χ0v) is 12.0. The number of thiazole rings is 1. The Labute approximate surface area is 123 Å². The lowest BCUT2D eigenvalue weighted by Gasteiger charge is -2.06. The van der Waals surface area contributed by atoms with Crippen LogP contribution in [0, 0.1) is 11.6 Å². The predicted molar refractivity (Wildman–Crippen MR) is 74.4 cm³/mol. The van der Waals surface area contributed by atoms with Crippen LogP contribution >= 0.6 is 11.3 Å². The fourth-order valence-corrected chi connectivity index (χ4v) is 2.14. The Balaban J connectivity index is 2.13. The number of aromatic nitrogens is 1. The number of carbonyl (C=O) groups is 2. The fraction of sp³-hybridized carbons (Fsp3) is 0.154. The van der Waals surface area contributed by atoms with E-state index >= 15 is 0 Å². The quantitative estimate of drug-likeness (QED) is 0.946. The maximum Gasteiger partial charge on any atom is 0.272 e. The summed E-state index contributed by atoms with van der Waals surface area (Å²) in [5.74, 6) is -3.06. The Morgan fingerprint density at radius 1 is 1.24 bits per heavy atom. The van der Waals surface area contributed by atoms with Crippen LogP contribution in [0.1, 0.15) is 20.8 Å². The Bertz CT molecular complexity index is 700. The van der Waals surface area contributed by atoms with Gasteiger partial charge in [0.15, 0.2) is 16.8 Å². The molecule has 0 saturated carbocycles. The lowest BCUT2D eigenvalue weighted by molar-refractivity contribution is 0.0822. The number of halogens is 2. The summed E-state index contributed by atoms with van der Waals surface area (Å²) in [6, 6.07) is 2.82. The molecule has 5 nitrogen and oxygen atoms in total. The average molecular weight is 311 g/mol. The number of rotatable bonds is 3. The molecule has 8 heteroatoms. The lowest BCUT2D eigenvalue weighted by Crippen LogP contribution is -2.22. The van der Waals surface area contributed by atoms with E-state index in [0.29, 0.717) is 0 Å². The van der Waals surface area contributed by atoms with Gasteiger partial charge in [-0.1, -0.05) is 0 Å². The number of nitrogens with one attached hydrogen (secondary N) is 1. The van der Waals surface area contributed by atoms with Crippen molar-refractivity contribution in [2.75, 3.05) is 19.4 Å². The first-order valence-corrected chi connectivity index (χ1v) is 6.70. The predicted octanol–water partition coefficient (Wildman–Crippen LogP) is 2.38. The van der Waals surface area contributed by atoms with Crippen LogP contribution in [0.25, 0.3) is 0 Å². The van der Waals surface area contributed by atoms with Crippen LogP contribution in [0.3, 0.4) is 0 Å². The van der Waals surface area contributed by atoms with Crippen molar-refractivity contribution >= 4 is 28.3 Å². The van der Waals surface area contributed by atoms with E-state index in [1.165, 1.54) is 10.3 Å². The van der Waals surface area contributed by atoms with Crippen molar-refractivity contribution in [2.24, 2.45) is 0 Å². The van der Waals surface area contributed by atoms with Crippen LogP contribution in [0.4, 0.5) is 13.9 Å². The summed E-state index contributed by atoms with van der Waals surface area (Å²) in [5.41, 5.74) is 0.162. The molecule has 0 unspecified atom stereocenters. The number of benzene rings is 1. The van der Waals surface area contributed by atoms with Gasteiger partial charge in [0.25, 0.3) is 11.8 Å². The van der Waals surface area contributed by atoms with E-state index in [2.05, 4.69) is 10.3 Å². The van der Waals surface area contributed by atoms with Crippen molar-refractivity contribution in [3.63, 3.8) is 0 Å². The minimum absolute atomic E-state index is 0.0374. The Morgan fingerprint density at radius 3 is 2.57 bits per heavy atom. The SMILES string of the molecule is CN(C)C(=O)c1csc(NC(=O)c2ccc(F)c(F)c2)n1. The van der Waals surface area contributed by atoms with Crippen molar-refractivity contribution < 1.29 is 18.4 Å². The fourth-order valence-electron chi connectivity index (χ4n) is 1.47. The topological polar surface area (TPSA) is 62.3 Å². The number of amides is 2. The second-order valence-corrected chi connectivity index (χ2v) is 5.18. The molecule has 2 rings (SSSR count). The van der Waals surface area contributed by atoms with E-state index in [0.717, 1.165) is 29.5 Å². The zero-order valence-electron chi connectivity index (χ0n) is 11.2. The second-order valence-electron chi connectivity index (χ2n) is 4.32. The van der Waals surface area contributed by atoms with Gasteiger partial charge in [-0.25, -0.2) is 13.8 Å². The van der Waals surface area contributed by atoms with Gasteiger partial charge in [0, 0.05) is 25.0 Å². The highest BCUT2D eigenvalue weighted by atomic mass is 32.1. The van der Waals surface area contributed by atoms with Gasteiger partial charge in [-0.05, 0) is 18.2 Å². The Hall–Kier alpha value is -2.35. The molecule has 0 aliphatic heterocycles. The molecule has 1 aromatic carbocycles. The van der Waals surface area contributed by atoms with Crippen LogP contribution in [0.15, 0.2) is 23.6 Å². The molecule has 21 heavy (non-hydrogen) atoms. The first kappa shape index (κ1) is 15.0. The van der Waals surface area contributed by atoms with Crippen LogP contribution < -0.4 is 5.32 Å². The van der Waals surface area contributed by atoms with E-state index in [-0.39, 0.29) is 22.3 Å². The third kappa shape index (κ3) is 3.40. The third-order valence-corrected chi connectivity index (χ3v) is 3.29. The molecule has 0 saturated heterocycles. The Morgan fingerprint density at radius 2 is 1.95 bits per heavy atom. The standard InChI is InChI=1S/C13H11F2N3O2S/c1-18(2)12(20)10-6-21-13(16-10)17-11(19)7-3-4-8(14)9(15)5-7/h3-6H,1-2H3,(H,16,17,19). The van der Waals surface area contributed by atoms with E-state index in [9.17, 15) is 18.4 Å². The molecule has 0 spiro atoms. The number of hydrogen-bond acceptors (Lipinski definition) is 4. The van der Waals surface area contributed by atoms with Crippen LogP contribution in [0.2, 0.25) is 0 Å². The van der Waals surface area contributed by atoms with Gasteiger partial charge in [-0.15, -0.1) is 11.3 Å². The van der Waals surface area contributed by atoms with Gasteiger partial charge in [0.2, 0.25) is 0 Å². The number of carbonyl (C=O) groups excluding carboxylic acids is 2. The minimum Gasteiger partial charge on any atom is -0.343 e. The van der Waals surface area contributed by atoms with Gasteiger partial charge >= 0.3 is 0 Å². The lowest BCUT2D eigenvalue weighted by atomic mass is 10.2. The smallest absolute Gasteiger partial charge is 0.272 e. The third-order valence-electron chi connectivity index (χ3n) is 2.53. The van der Waals surface area contributed by atoms with Gasteiger partial charge < -0.3 is 4.90 Å². The molecule has 1 N–H and O–H groups in total. The van der Waals surface area contributed by atoms with Gasteiger partial charge in [-0.3, -0.25) is 14.9 Å². The summed E-state index contributed by atoms with van der Waals surface area (Å²) >= 11 is 1.07. The molecular formula is C13H11F2N3O2S. The molecule has 0 atom stereocenters. The van der Waals surface area contributed by atoms with E-state index in [4.69, 9.17) is 0 Å². The highest BCUT2D eigenvalue weighted by Crippen LogP contribution is 2.18. The largest absolute Gasteiger partial charge is 0.343 e. The van der Waals surface area contributed by atoms with Gasteiger partial charge in [0.05, 0.1) is 0 Å². The van der Waals surface area contributed by atoms with Crippen molar-refractivity contribution in [1.29, 1.82) is 0 Å². The van der Waals surface area contributed by atoms with Crippen LogP contribution in [-0.2, 0) is 0 Å². The average Bonchev–Trinajstić information content (AvgIpc) is 2.89. The van der Waals surface area contributed by atoms with E-state index < -0.39 is 17.5 Å². The summed E-state index contributed by atoms with van der Waals surface area (Å²) in [7, 11) is 3.17. The maximum absolute atomic E-state index is 13.1. The van der Waals surface area contributed by atoms with Gasteiger partial charge in [-0.2, -0.15) is 0 Å². The summed E-state index contributed by atoms with van der Waals surface area (Å²) in [5, 5.41) is 4.13. The molecule has 1 aromatic heterocycles. The van der Waals surface area contributed by atoms with Crippen molar-refractivity contribution in [1.82, 2.24) is 9.88 Å². The molecule has 0 radical (unpaired) electrons. The normalized spacial score (nSPS) is 10.3. The molecule has 2 amide bonds. The molecule has 0 bridgehead atoms. The molecule has 110 valence electrons.